The maximum absolute atomic E-state index is 5.11. The molecule has 0 spiro atoms. The first kappa shape index (κ1) is 14.3. The lowest BCUT2D eigenvalue weighted by atomic mass is 9.97. The average Bonchev–Trinajstić information content (AvgIpc) is 2.89. The lowest BCUT2D eigenvalue weighted by Gasteiger charge is -2.33. The smallest absolute Gasteiger partial charge is 0.205 e. The predicted molar refractivity (Wildman–Crippen MR) is 77.6 cm³/mol. The minimum absolute atomic E-state index is 0.807. The summed E-state index contributed by atoms with van der Waals surface area (Å²) in [5, 5.41) is 3.28. The van der Waals surface area contributed by atoms with Crippen molar-refractivity contribution in [3.05, 3.63) is 12.4 Å². The Balaban J connectivity index is 1.87. The lowest BCUT2D eigenvalue weighted by molar-refractivity contribution is 0.190. The Morgan fingerprint density at radius 2 is 2.21 bits per heavy atom. The molecule has 2 heterocycles. The van der Waals surface area contributed by atoms with Crippen LogP contribution in [-0.2, 0) is 11.3 Å². The molecule has 1 N–H and O–H groups in total. The van der Waals surface area contributed by atoms with Crippen molar-refractivity contribution in [1.82, 2.24) is 14.9 Å². The minimum atomic E-state index is 0.807. The molecule has 1 aromatic rings. The average molecular weight is 266 g/mol. The standard InChI is InChI=1S/C14H26N4O/c1-15-12-13-4-8-18(9-5-13)14-16-6-10-17(14)7-3-11-19-2/h6,10,13,15H,3-5,7-9,11-12H2,1-2H3. The van der Waals surface area contributed by atoms with Crippen molar-refractivity contribution in [3.8, 4) is 0 Å². The van der Waals surface area contributed by atoms with Gasteiger partial charge in [0.2, 0.25) is 5.95 Å². The maximum Gasteiger partial charge on any atom is 0.205 e. The van der Waals surface area contributed by atoms with Crippen molar-refractivity contribution in [3.63, 3.8) is 0 Å². The highest BCUT2D eigenvalue weighted by atomic mass is 16.5. The van der Waals surface area contributed by atoms with Crippen LogP contribution in [-0.4, -0.2) is 49.9 Å². The van der Waals surface area contributed by atoms with E-state index in [1.54, 1.807) is 7.11 Å². The van der Waals surface area contributed by atoms with Gasteiger partial charge in [0.05, 0.1) is 0 Å². The Morgan fingerprint density at radius 3 is 2.89 bits per heavy atom. The molecule has 0 amide bonds. The number of methoxy groups -OCH3 is 1. The lowest BCUT2D eigenvalue weighted by Crippen LogP contribution is -2.38. The maximum atomic E-state index is 5.11. The van der Waals surface area contributed by atoms with E-state index in [-0.39, 0.29) is 0 Å². The highest BCUT2D eigenvalue weighted by Crippen LogP contribution is 2.21. The highest BCUT2D eigenvalue weighted by Gasteiger charge is 2.21. The van der Waals surface area contributed by atoms with Crippen molar-refractivity contribution in [2.75, 3.05) is 45.3 Å². The van der Waals surface area contributed by atoms with Gasteiger partial charge in [-0.05, 0) is 38.8 Å². The van der Waals surface area contributed by atoms with Gasteiger partial charge in [-0.25, -0.2) is 4.98 Å². The number of hydrogen-bond donors (Lipinski definition) is 1. The van der Waals surface area contributed by atoms with Crippen LogP contribution in [0.15, 0.2) is 12.4 Å². The number of nitrogens with one attached hydrogen (secondary N) is 1. The third-order valence-corrected chi connectivity index (χ3v) is 3.83. The molecule has 5 nitrogen and oxygen atoms in total. The molecule has 1 aromatic heterocycles. The summed E-state index contributed by atoms with van der Waals surface area (Å²) in [4.78, 5) is 6.94. The van der Waals surface area contributed by atoms with E-state index in [9.17, 15) is 0 Å². The molecule has 0 unspecified atom stereocenters. The second-order valence-corrected chi connectivity index (χ2v) is 5.26. The van der Waals surface area contributed by atoms with Gasteiger partial charge < -0.3 is 19.5 Å². The molecule has 0 aliphatic carbocycles. The first-order chi connectivity index (χ1) is 9.35. The Kier molecular flexibility index (Phi) is 5.66. The van der Waals surface area contributed by atoms with E-state index in [1.807, 2.05) is 13.2 Å². The van der Waals surface area contributed by atoms with E-state index in [2.05, 4.69) is 26.0 Å². The van der Waals surface area contributed by atoms with Gasteiger partial charge in [0, 0.05) is 45.7 Å². The molecule has 108 valence electrons. The van der Waals surface area contributed by atoms with Crippen LogP contribution in [0.1, 0.15) is 19.3 Å². The first-order valence-electron chi connectivity index (χ1n) is 7.24. The zero-order valence-corrected chi connectivity index (χ0v) is 12.1. The summed E-state index contributed by atoms with van der Waals surface area (Å²) in [7, 11) is 3.79. The summed E-state index contributed by atoms with van der Waals surface area (Å²) in [6, 6.07) is 0. The molecule has 0 aromatic carbocycles. The summed E-state index contributed by atoms with van der Waals surface area (Å²) in [6.07, 6.45) is 7.53. The molecule has 19 heavy (non-hydrogen) atoms. The van der Waals surface area contributed by atoms with Crippen LogP contribution in [0, 0.1) is 5.92 Å². The number of aromatic nitrogens is 2. The van der Waals surface area contributed by atoms with Crippen LogP contribution in [0.4, 0.5) is 5.95 Å². The summed E-state index contributed by atoms with van der Waals surface area (Å²) < 4.78 is 7.36. The Hall–Kier alpha value is -1.07. The zero-order chi connectivity index (χ0) is 13.5. The number of anilines is 1. The van der Waals surface area contributed by atoms with E-state index in [0.29, 0.717) is 0 Å². The first-order valence-corrected chi connectivity index (χ1v) is 7.24. The van der Waals surface area contributed by atoms with Gasteiger partial charge in [0.1, 0.15) is 0 Å². The molecule has 1 fully saturated rings. The monoisotopic (exact) mass is 266 g/mol. The van der Waals surface area contributed by atoms with Gasteiger partial charge in [-0.15, -0.1) is 0 Å². The normalized spacial score (nSPS) is 17.1. The molecular weight excluding hydrogens is 240 g/mol. The van der Waals surface area contributed by atoms with Gasteiger partial charge in [0.15, 0.2) is 0 Å². The largest absolute Gasteiger partial charge is 0.385 e. The Morgan fingerprint density at radius 1 is 1.42 bits per heavy atom. The van der Waals surface area contributed by atoms with Gasteiger partial charge >= 0.3 is 0 Å². The van der Waals surface area contributed by atoms with Crippen molar-refractivity contribution >= 4 is 5.95 Å². The van der Waals surface area contributed by atoms with Crippen LogP contribution >= 0.6 is 0 Å². The molecule has 2 rings (SSSR count). The molecule has 1 aliphatic rings. The van der Waals surface area contributed by atoms with Crippen molar-refractivity contribution in [2.24, 2.45) is 5.92 Å². The van der Waals surface area contributed by atoms with Crippen molar-refractivity contribution < 1.29 is 4.74 Å². The molecule has 0 radical (unpaired) electrons. The number of hydrogen-bond acceptors (Lipinski definition) is 4. The molecule has 5 heteroatoms. The molecule has 0 atom stereocenters. The molecule has 0 saturated carbocycles. The van der Waals surface area contributed by atoms with Crippen molar-refractivity contribution in [1.29, 1.82) is 0 Å². The van der Waals surface area contributed by atoms with E-state index in [1.165, 1.54) is 12.8 Å². The van der Waals surface area contributed by atoms with E-state index >= 15 is 0 Å². The van der Waals surface area contributed by atoms with Gasteiger partial charge in [-0.2, -0.15) is 0 Å². The Labute approximate surface area is 116 Å². The fourth-order valence-electron chi connectivity index (χ4n) is 2.76. The molecule has 0 bridgehead atoms. The minimum Gasteiger partial charge on any atom is -0.385 e. The second kappa shape index (κ2) is 7.50. The molecule has 1 saturated heterocycles. The second-order valence-electron chi connectivity index (χ2n) is 5.26. The molecule has 1 aliphatic heterocycles. The molecular formula is C14H26N4O. The summed E-state index contributed by atoms with van der Waals surface area (Å²) >= 11 is 0. The fraction of sp³-hybridized carbons (Fsp3) is 0.786. The van der Waals surface area contributed by atoms with E-state index in [4.69, 9.17) is 4.74 Å². The van der Waals surface area contributed by atoms with Gasteiger partial charge in [0.25, 0.3) is 0 Å². The summed E-state index contributed by atoms with van der Waals surface area (Å²) in [6.45, 7) is 5.17. The van der Waals surface area contributed by atoms with Crippen LogP contribution in [0.25, 0.3) is 0 Å². The number of ether oxygens (including phenoxy) is 1. The number of nitrogens with zero attached hydrogens (tertiary/aromatic N) is 3. The van der Waals surface area contributed by atoms with Crippen LogP contribution in [0.2, 0.25) is 0 Å². The number of aryl methyl sites for hydroxylation is 1. The number of rotatable bonds is 7. The summed E-state index contributed by atoms with van der Waals surface area (Å²) in [5.74, 6) is 1.94. The summed E-state index contributed by atoms with van der Waals surface area (Å²) in [5.41, 5.74) is 0. The number of imidazole rings is 1. The van der Waals surface area contributed by atoms with Crippen molar-refractivity contribution in [2.45, 2.75) is 25.8 Å². The fourth-order valence-corrected chi connectivity index (χ4v) is 2.76. The highest BCUT2D eigenvalue weighted by molar-refractivity contribution is 5.31. The SMILES string of the molecule is CNCC1CCN(c2nccn2CCCOC)CC1. The number of piperidine rings is 1. The van der Waals surface area contributed by atoms with Crippen LogP contribution in [0.5, 0.6) is 0 Å². The van der Waals surface area contributed by atoms with Gasteiger partial charge in [-0.3, -0.25) is 0 Å². The van der Waals surface area contributed by atoms with Crippen LogP contribution in [0.3, 0.4) is 0 Å². The zero-order valence-electron chi connectivity index (χ0n) is 12.1. The quantitative estimate of drug-likeness (QED) is 0.757. The van der Waals surface area contributed by atoms with E-state index < -0.39 is 0 Å². The third kappa shape index (κ3) is 3.94. The van der Waals surface area contributed by atoms with E-state index in [0.717, 1.165) is 51.1 Å². The Bertz CT molecular complexity index is 358. The third-order valence-electron chi connectivity index (χ3n) is 3.83. The van der Waals surface area contributed by atoms with Crippen LogP contribution < -0.4 is 10.2 Å². The predicted octanol–water partition coefficient (Wildman–Crippen LogP) is 1.36. The van der Waals surface area contributed by atoms with Gasteiger partial charge in [-0.1, -0.05) is 0 Å². The topological polar surface area (TPSA) is 42.3 Å².